The minimum absolute atomic E-state index is 0.000306. The van der Waals surface area contributed by atoms with Crippen LogP contribution in [0.2, 0.25) is 0 Å². The van der Waals surface area contributed by atoms with Crippen LogP contribution in [0.4, 0.5) is 17.5 Å². The summed E-state index contributed by atoms with van der Waals surface area (Å²) >= 11 is 0. The lowest BCUT2D eigenvalue weighted by Gasteiger charge is -2.38. The summed E-state index contributed by atoms with van der Waals surface area (Å²) in [6.07, 6.45) is 3.94. The molecular formula is C24H31N5O5. The molecule has 0 saturated carbocycles. The molecule has 1 aromatic carbocycles. The summed E-state index contributed by atoms with van der Waals surface area (Å²) in [6.45, 7) is 8.84. The fraction of sp³-hybridized carbons (Fsp3) is 0.458. The summed E-state index contributed by atoms with van der Waals surface area (Å²) in [4.78, 5) is 24.7. The first kappa shape index (κ1) is 23.6. The third-order valence-electron chi connectivity index (χ3n) is 6.02. The van der Waals surface area contributed by atoms with E-state index in [0.29, 0.717) is 23.3 Å². The van der Waals surface area contributed by atoms with Gasteiger partial charge >= 0.3 is 5.97 Å². The first-order valence-corrected chi connectivity index (χ1v) is 11.2. The van der Waals surface area contributed by atoms with Gasteiger partial charge in [0, 0.05) is 68.9 Å². The molecule has 2 aliphatic rings. The SMILES string of the molecule is COc1cc(Nc2ncc(C)c(N3C=C(CN4CC(OC(C)=O)C4)C(C)C3)n2)cc(O)c1OC. The van der Waals surface area contributed by atoms with Gasteiger partial charge in [0.25, 0.3) is 0 Å². The van der Waals surface area contributed by atoms with Crippen molar-refractivity contribution in [3.05, 3.63) is 35.7 Å². The molecule has 2 aliphatic heterocycles. The van der Waals surface area contributed by atoms with E-state index < -0.39 is 0 Å². The number of aromatic hydroxyl groups is 1. The van der Waals surface area contributed by atoms with Gasteiger partial charge in [0.1, 0.15) is 11.9 Å². The summed E-state index contributed by atoms with van der Waals surface area (Å²) in [5.41, 5.74) is 2.86. The third kappa shape index (κ3) is 5.01. The number of phenolic OH excluding ortho intramolecular Hbond substituents is 1. The van der Waals surface area contributed by atoms with Crippen LogP contribution in [0.25, 0.3) is 0 Å². The highest BCUT2D eigenvalue weighted by Gasteiger charge is 2.32. The average molecular weight is 470 g/mol. The minimum Gasteiger partial charge on any atom is -0.504 e. The van der Waals surface area contributed by atoms with Crippen LogP contribution in [0, 0.1) is 12.8 Å². The van der Waals surface area contributed by atoms with Crippen LogP contribution in [0.3, 0.4) is 0 Å². The van der Waals surface area contributed by atoms with Gasteiger partial charge in [-0.1, -0.05) is 6.92 Å². The molecule has 10 heteroatoms. The Labute approximate surface area is 199 Å². The van der Waals surface area contributed by atoms with Gasteiger partial charge in [-0.2, -0.15) is 4.98 Å². The Hall–Kier alpha value is -3.53. The first-order valence-electron chi connectivity index (χ1n) is 11.2. The maximum atomic E-state index is 11.1. The summed E-state index contributed by atoms with van der Waals surface area (Å²) in [5.74, 6) is 2.01. The standard InChI is InChI=1S/C24H31N5O5/c1-14-8-25-24(26-18-6-20(31)22(33-5)21(7-18)32-4)27-23(14)29-9-15(2)17(11-29)10-28-12-19(13-28)34-16(3)30/h6-8,11,15,19,31H,9-10,12-13H2,1-5H3,(H,25,26,27). The van der Waals surface area contributed by atoms with Crippen LogP contribution >= 0.6 is 0 Å². The van der Waals surface area contributed by atoms with E-state index in [9.17, 15) is 9.90 Å². The molecule has 1 aromatic heterocycles. The van der Waals surface area contributed by atoms with Crippen molar-refractivity contribution in [2.24, 2.45) is 5.92 Å². The Morgan fingerprint density at radius 2 is 2.00 bits per heavy atom. The predicted molar refractivity (Wildman–Crippen MR) is 128 cm³/mol. The van der Waals surface area contributed by atoms with Crippen LogP contribution in [0.1, 0.15) is 19.4 Å². The lowest BCUT2D eigenvalue weighted by Crippen LogP contribution is -2.53. The minimum atomic E-state index is -0.226. The maximum Gasteiger partial charge on any atom is 0.302 e. The van der Waals surface area contributed by atoms with Gasteiger partial charge in [0.2, 0.25) is 11.7 Å². The molecule has 0 aliphatic carbocycles. The quantitative estimate of drug-likeness (QED) is 0.560. The Balaban J connectivity index is 1.47. The number of hydrogen-bond donors (Lipinski definition) is 2. The number of nitrogens with one attached hydrogen (secondary N) is 1. The van der Waals surface area contributed by atoms with Gasteiger partial charge in [-0.15, -0.1) is 0 Å². The number of carbonyl (C=O) groups excluding carboxylic acids is 1. The number of methoxy groups -OCH3 is 2. The number of phenols is 1. The molecule has 0 radical (unpaired) electrons. The second kappa shape index (κ2) is 9.76. The maximum absolute atomic E-state index is 11.1. The molecule has 3 heterocycles. The van der Waals surface area contributed by atoms with E-state index in [4.69, 9.17) is 19.2 Å². The zero-order chi connectivity index (χ0) is 24.4. The van der Waals surface area contributed by atoms with Gasteiger partial charge in [0.15, 0.2) is 11.5 Å². The van der Waals surface area contributed by atoms with Crippen LogP contribution in [-0.4, -0.2) is 72.4 Å². The lowest BCUT2D eigenvalue weighted by molar-refractivity contribution is -0.154. The van der Waals surface area contributed by atoms with Crippen molar-refractivity contribution in [1.29, 1.82) is 0 Å². The number of ether oxygens (including phenoxy) is 3. The van der Waals surface area contributed by atoms with Crippen molar-refractivity contribution in [3.63, 3.8) is 0 Å². The van der Waals surface area contributed by atoms with E-state index in [2.05, 4.69) is 33.2 Å². The molecule has 0 bridgehead atoms. The van der Waals surface area contributed by atoms with E-state index in [1.165, 1.54) is 32.8 Å². The number of carbonyl (C=O) groups is 1. The van der Waals surface area contributed by atoms with E-state index >= 15 is 0 Å². The molecule has 4 rings (SSSR count). The highest BCUT2D eigenvalue weighted by Crippen LogP contribution is 2.40. The number of aromatic nitrogens is 2. The smallest absolute Gasteiger partial charge is 0.302 e. The highest BCUT2D eigenvalue weighted by molar-refractivity contribution is 5.67. The van der Waals surface area contributed by atoms with E-state index in [1.807, 2.05) is 6.92 Å². The van der Waals surface area contributed by atoms with Gasteiger partial charge < -0.3 is 29.5 Å². The summed E-state index contributed by atoms with van der Waals surface area (Å²) in [7, 11) is 2.98. The summed E-state index contributed by atoms with van der Waals surface area (Å²) in [6, 6.07) is 3.25. The van der Waals surface area contributed by atoms with E-state index in [1.54, 1.807) is 12.3 Å². The Morgan fingerprint density at radius 3 is 2.68 bits per heavy atom. The second-order valence-corrected chi connectivity index (χ2v) is 8.74. The second-order valence-electron chi connectivity index (χ2n) is 8.74. The summed E-state index contributed by atoms with van der Waals surface area (Å²) < 4.78 is 15.7. The molecule has 1 fully saturated rings. The van der Waals surface area contributed by atoms with Gasteiger partial charge in [-0.25, -0.2) is 4.98 Å². The molecule has 1 atom stereocenters. The number of anilines is 3. The Kier molecular flexibility index (Phi) is 6.78. The molecular weight excluding hydrogens is 438 g/mol. The molecule has 182 valence electrons. The van der Waals surface area contributed by atoms with Crippen LogP contribution in [-0.2, 0) is 9.53 Å². The molecule has 0 spiro atoms. The van der Waals surface area contributed by atoms with Gasteiger partial charge in [-0.3, -0.25) is 9.69 Å². The van der Waals surface area contributed by atoms with Crippen molar-refractivity contribution in [3.8, 4) is 17.2 Å². The molecule has 10 nitrogen and oxygen atoms in total. The van der Waals surface area contributed by atoms with Crippen molar-refractivity contribution < 1.29 is 24.1 Å². The zero-order valence-electron chi connectivity index (χ0n) is 20.2. The number of esters is 1. The molecule has 2 N–H and O–H groups in total. The molecule has 1 unspecified atom stereocenters. The van der Waals surface area contributed by atoms with E-state index in [-0.39, 0.29) is 23.6 Å². The van der Waals surface area contributed by atoms with Crippen LogP contribution < -0.4 is 19.7 Å². The monoisotopic (exact) mass is 469 g/mol. The van der Waals surface area contributed by atoms with Crippen LogP contribution in [0.15, 0.2) is 30.1 Å². The number of rotatable bonds is 8. The third-order valence-corrected chi connectivity index (χ3v) is 6.02. The first-order chi connectivity index (χ1) is 16.3. The van der Waals surface area contributed by atoms with E-state index in [0.717, 1.165) is 37.6 Å². The zero-order valence-corrected chi connectivity index (χ0v) is 20.2. The number of likely N-dealkylation sites (tertiary alicyclic amines) is 1. The van der Waals surface area contributed by atoms with Crippen molar-refractivity contribution in [2.75, 3.05) is 50.6 Å². The number of nitrogens with zero attached hydrogens (tertiary/aromatic N) is 4. The predicted octanol–water partition coefficient (Wildman–Crippen LogP) is 2.84. The molecule has 0 amide bonds. The van der Waals surface area contributed by atoms with Crippen molar-refractivity contribution >= 4 is 23.4 Å². The number of benzene rings is 1. The highest BCUT2D eigenvalue weighted by atomic mass is 16.5. The van der Waals surface area contributed by atoms with Crippen molar-refractivity contribution in [1.82, 2.24) is 14.9 Å². The molecule has 1 saturated heterocycles. The van der Waals surface area contributed by atoms with Gasteiger partial charge in [0.05, 0.1) is 14.2 Å². The summed E-state index contributed by atoms with van der Waals surface area (Å²) in [5, 5.41) is 13.4. The Morgan fingerprint density at radius 1 is 1.24 bits per heavy atom. The van der Waals surface area contributed by atoms with Crippen molar-refractivity contribution in [2.45, 2.75) is 26.9 Å². The van der Waals surface area contributed by atoms with Gasteiger partial charge in [-0.05, 0) is 18.4 Å². The largest absolute Gasteiger partial charge is 0.504 e. The number of hydrogen-bond acceptors (Lipinski definition) is 10. The normalized spacial score (nSPS) is 18.3. The average Bonchev–Trinajstić information content (AvgIpc) is 3.12. The molecule has 34 heavy (non-hydrogen) atoms. The number of aryl methyl sites for hydroxylation is 1. The van der Waals surface area contributed by atoms with Crippen LogP contribution in [0.5, 0.6) is 17.2 Å². The lowest BCUT2D eigenvalue weighted by atomic mass is 10.0. The topological polar surface area (TPSA) is 109 Å². The molecule has 2 aromatic rings. The fourth-order valence-corrected chi connectivity index (χ4v) is 4.29. The fourth-order valence-electron chi connectivity index (χ4n) is 4.29. The Bertz CT molecular complexity index is 1100.